The van der Waals surface area contributed by atoms with Crippen LogP contribution in [0.25, 0.3) is 10.9 Å². The number of hydrogen-bond donors (Lipinski definition) is 2. The molecule has 156 valence electrons. The number of pyridine rings is 1. The molecule has 0 bridgehead atoms. The Bertz CT molecular complexity index is 1090. The summed E-state index contributed by atoms with van der Waals surface area (Å²) >= 11 is 6.27. The van der Waals surface area contributed by atoms with Crippen molar-refractivity contribution in [3.63, 3.8) is 0 Å². The van der Waals surface area contributed by atoms with Gasteiger partial charge in [0.05, 0.1) is 24.3 Å². The molecule has 0 fully saturated rings. The zero-order valence-corrected chi connectivity index (χ0v) is 17.6. The molecule has 0 unspecified atom stereocenters. The van der Waals surface area contributed by atoms with Crippen LogP contribution in [0.15, 0.2) is 48.5 Å². The van der Waals surface area contributed by atoms with Crippen molar-refractivity contribution >= 4 is 34.3 Å². The minimum Gasteiger partial charge on any atom is -0.493 e. The van der Waals surface area contributed by atoms with Gasteiger partial charge in [0.15, 0.2) is 11.5 Å². The van der Waals surface area contributed by atoms with Crippen molar-refractivity contribution in [1.82, 2.24) is 15.8 Å². The lowest BCUT2D eigenvalue weighted by Crippen LogP contribution is -2.42. The van der Waals surface area contributed by atoms with Gasteiger partial charge in [-0.15, -0.1) is 0 Å². The molecule has 2 amide bonds. The number of rotatable bonds is 6. The highest BCUT2D eigenvalue weighted by Crippen LogP contribution is 2.36. The molecule has 2 aromatic carbocycles. The lowest BCUT2D eigenvalue weighted by Gasteiger charge is -2.15. The summed E-state index contributed by atoms with van der Waals surface area (Å²) in [5.74, 6) is -0.0962. The van der Waals surface area contributed by atoms with Gasteiger partial charge >= 0.3 is 0 Å². The first-order valence-electron chi connectivity index (χ1n) is 9.36. The van der Waals surface area contributed by atoms with Gasteiger partial charge in [0.1, 0.15) is 5.69 Å². The molecule has 1 heterocycles. The lowest BCUT2D eigenvalue weighted by atomic mass is 10.2. The second-order valence-corrected chi connectivity index (χ2v) is 7.40. The number of halogens is 1. The summed E-state index contributed by atoms with van der Waals surface area (Å²) in [6, 6.07) is 13.8. The number of hydrogen-bond acceptors (Lipinski definition) is 5. The molecule has 1 aromatic heterocycles. The van der Waals surface area contributed by atoms with E-state index in [1.54, 1.807) is 12.1 Å². The quantitative estimate of drug-likeness (QED) is 0.580. The number of amides is 2. The van der Waals surface area contributed by atoms with E-state index in [-0.39, 0.29) is 16.3 Å². The van der Waals surface area contributed by atoms with E-state index < -0.39 is 11.8 Å². The first-order valence-corrected chi connectivity index (χ1v) is 9.73. The maximum Gasteiger partial charge on any atom is 0.288 e. The van der Waals surface area contributed by atoms with Crippen molar-refractivity contribution in [2.24, 2.45) is 5.92 Å². The van der Waals surface area contributed by atoms with Gasteiger partial charge in [-0.1, -0.05) is 49.7 Å². The number of fused-ring (bicyclic) bond motifs is 1. The van der Waals surface area contributed by atoms with Gasteiger partial charge in [0.25, 0.3) is 11.8 Å². The Hall–Kier alpha value is -3.32. The Morgan fingerprint density at radius 1 is 1.07 bits per heavy atom. The number of hydrazine groups is 1. The van der Waals surface area contributed by atoms with E-state index in [0.717, 1.165) is 5.39 Å². The van der Waals surface area contributed by atoms with Crippen LogP contribution >= 0.6 is 11.6 Å². The SMILES string of the molecule is COc1cc(C(=O)NNC(=O)c2ccc3ccccc3n2)cc(Cl)c1OCC(C)C. The number of nitrogens with zero attached hydrogens (tertiary/aromatic N) is 1. The number of nitrogens with one attached hydrogen (secondary N) is 2. The first-order chi connectivity index (χ1) is 14.4. The number of carbonyl (C=O) groups excluding carboxylic acids is 2. The Morgan fingerprint density at radius 2 is 1.80 bits per heavy atom. The largest absolute Gasteiger partial charge is 0.493 e. The minimum absolute atomic E-state index is 0.182. The Labute approximate surface area is 179 Å². The van der Waals surface area contributed by atoms with E-state index in [0.29, 0.717) is 29.5 Å². The van der Waals surface area contributed by atoms with Crippen LogP contribution in [0.5, 0.6) is 11.5 Å². The fourth-order valence-corrected chi connectivity index (χ4v) is 2.95. The second kappa shape index (κ2) is 9.45. The monoisotopic (exact) mass is 427 g/mol. The van der Waals surface area contributed by atoms with E-state index in [2.05, 4.69) is 15.8 Å². The molecule has 0 saturated carbocycles. The average molecular weight is 428 g/mol. The van der Waals surface area contributed by atoms with E-state index in [1.807, 2.05) is 38.1 Å². The topological polar surface area (TPSA) is 89.6 Å². The predicted molar refractivity (Wildman–Crippen MR) is 115 cm³/mol. The molecule has 0 spiro atoms. The Balaban J connectivity index is 1.70. The van der Waals surface area contributed by atoms with E-state index in [1.165, 1.54) is 19.2 Å². The smallest absolute Gasteiger partial charge is 0.288 e. The van der Waals surface area contributed by atoms with Crippen molar-refractivity contribution in [3.05, 3.63) is 64.8 Å². The molecule has 30 heavy (non-hydrogen) atoms. The van der Waals surface area contributed by atoms with E-state index in [4.69, 9.17) is 21.1 Å². The normalized spacial score (nSPS) is 10.7. The van der Waals surface area contributed by atoms with Crippen LogP contribution in [-0.2, 0) is 0 Å². The molecule has 7 nitrogen and oxygen atoms in total. The van der Waals surface area contributed by atoms with Gasteiger partial charge < -0.3 is 9.47 Å². The highest BCUT2D eigenvalue weighted by atomic mass is 35.5. The minimum atomic E-state index is -0.556. The maximum absolute atomic E-state index is 12.5. The average Bonchev–Trinajstić information content (AvgIpc) is 2.75. The van der Waals surface area contributed by atoms with Crippen molar-refractivity contribution < 1.29 is 19.1 Å². The highest BCUT2D eigenvalue weighted by molar-refractivity contribution is 6.32. The van der Waals surface area contributed by atoms with Gasteiger partial charge in [0.2, 0.25) is 0 Å². The van der Waals surface area contributed by atoms with Crippen molar-refractivity contribution in [1.29, 1.82) is 0 Å². The summed E-state index contributed by atoms with van der Waals surface area (Å²) in [6.45, 7) is 4.47. The molecule has 0 aliphatic heterocycles. The molecule has 3 rings (SSSR count). The van der Waals surface area contributed by atoms with Crippen LogP contribution in [0.1, 0.15) is 34.7 Å². The molecule has 0 saturated heterocycles. The van der Waals surface area contributed by atoms with Gasteiger partial charge in [-0.05, 0) is 30.2 Å². The van der Waals surface area contributed by atoms with Crippen LogP contribution in [0.3, 0.4) is 0 Å². The van der Waals surface area contributed by atoms with Crippen LogP contribution < -0.4 is 20.3 Å². The zero-order valence-electron chi connectivity index (χ0n) is 16.9. The molecule has 2 N–H and O–H groups in total. The molecule has 0 aliphatic rings. The molecule has 3 aromatic rings. The number of methoxy groups -OCH3 is 1. The Kier molecular flexibility index (Phi) is 6.74. The zero-order chi connectivity index (χ0) is 21.7. The molecule has 8 heteroatoms. The standard InChI is InChI=1S/C22H22ClN3O4/c1-13(2)12-30-20-16(23)10-15(11-19(20)29-3)21(27)25-26-22(28)18-9-8-14-6-4-5-7-17(14)24-18/h4-11,13H,12H2,1-3H3,(H,25,27)(H,26,28). The van der Waals surface area contributed by atoms with Crippen molar-refractivity contribution in [2.45, 2.75) is 13.8 Å². The molecule has 0 aliphatic carbocycles. The maximum atomic E-state index is 12.5. The molecular weight excluding hydrogens is 406 g/mol. The van der Waals surface area contributed by atoms with Gasteiger partial charge in [-0.25, -0.2) is 4.98 Å². The van der Waals surface area contributed by atoms with Crippen LogP contribution in [0.4, 0.5) is 0 Å². The fraction of sp³-hybridized carbons (Fsp3) is 0.227. The van der Waals surface area contributed by atoms with Crippen molar-refractivity contribution in [2.75, 3.05) is 13.7 Å². The first kappa shape index (κ1) is 21.4. The van der Waals surface area contributed by atoms with Gasteiger partial charge in [-0.2, -0.15) is 0 Å². The third-order valence-electron chi connectivity index (χ3n) is 4.17. The number of para-hydroxylation sites is 1. The third-order valence-corrected chi connectivity index (χ3v) is 4.45. The molecule has 0 radical (unpaired) electrons. The third kappa shape index (κ3) is 4.99. The lowest BCUT2D eigenvalue weighted by molar-refractivity contribution is 0.0844. The van der Waals surface area contributed by atoms with Crippen LogP contribution in [0, 0.1) is 5.92 Å². The summed E-state index contributed by atoms with van der Waals surface area (Å²) in [7, 11) is 1.46. The predicted octanol–water partition coefficient (Wildman–Crippen LogP) is 4.01. The fourth-order valence-electron chi connectivity index (χ4n) is 2.68. The summed E-state index contributed by atoms with van der Waals surface area (Å²) in [5, 5.41) is 1.15. The molecule has 0 atom stereocenters. The number of benzene rings is 2. The highest BCUT2D eigenvalue weighted by Gasteiger charge is 2.17. The summed E-state index contributed by atoms with van der Waals surface area (Å²) in [4.78, 5) is 29.1. The number of ether oxygens (including phenoxy) is 2. The number of aromatic nitrogens is 1. The van der Waals surface area contributed by atoms with Crippen LogP contribution in [0.2, 0.25) is 5.02 Å². The summed E-state index contributed by atoms with van der Waals surface area (Å²) < 4.78 is 11.0. The summed E-state index contributed by atoms with van der Waals surface area (Å²) in [5.41, 5.74) is 5.79. The van der Waals surface area contributed by atoms with Gasteiger partial charge in [-0.3, -0.25) is 20.4 Å². The second-order valence-electron chi connectivity index (χ2n) is 6.99. The van der Waals surface area contributed by atoms with E-state index >= 15 is 0 Å². The van der Waals surface area contributed by atoms with Crippen LogP contribution in [-0.4, -0.2) is 30.5 Å². The summed E-state index contributed by atoms with van der Waals surface area (Å²) in [6.07, 6.45) is 0. The van der Waals surface area contributed by atoms with E-state index in [9.17, 15) is 9.59 Å². The number of carbonyl (C=O) groups is 2. The van der Waals surface area contributed by atoms with Gasteiger partial charge in [0, 0.05) is 10.9 Å². The molecular formula is C22H22ClN3O4. The Morgan fingerprint density at radius 3 is 2.53 bits per heavy atom. The van der Waals surface area contributed by atoms with Crippen molar-refractivity contribution in [3.8, 4) is 11.5 Å².